The number of carbonyl (C=O) groups is 2. The van der Waals surface area contributed by atoms with Crippen molar-refractivity contribution < 1.29 is 14.3 Å². The maximum Gasteiger partial charge on any atom is 0.319 e. The number of carbonyl (C=O) groups excluding carboxylic acids is 2. The third-order valence-electron chi connectivity index (χ3n) is 4.86. The fourth-order valence-electron chi connectivity index (χ4n) is 3.22. The van der Waals surface area contributed by atoms with Gasteiger partial charge < -0.3 is 20.7 Å². The van der Waals surface area contributed by atoms with Crippen LogP contribution in [0.5, 0.6) is 5.75 Å². The van der Waals surface area contributed by atoms with Gasteiger partial charge in [-0.25, -0.2) is 4.79 Å². The highest BCUT2D eigenvalue weighted by atomic mass is 32.1. The number of nitrogens with one attached hydrogen (secondary N) is 3. The van der Waals surface area contributed by atoms with E-state index in [2.05, 4.69) is 16.0 Å². The molecule has 2 heterocycles. The fourth-order valence-corrected chi connectivity index (χ4v) is 4.31. The van der Waals surface area contributed by atoms with Crippen LogP contribution < -0.4 is 20.7 Å². The van der Waals surface area contributed by atoms with Gasteiger partial charge in [-0.2, -0.15) is 0 Å². The SMILES string of the molecule is O=C(Nc1ccc(NC(=O)c2cc3c(s2)-c2ccccc2OC3)cc1)NC1CC1. The quantitative estimate of drug-likeness (QED) is 0.581. The molecule has 146 valence electrons. The van der Waals surface area contributed by atoms with Gasteiger partial charge in [-0.1, -0.05) is 12.1 Å². The third-order valence-corrected chi connectivity index (χ3v) is 6.07. The number of rotatable bonds is 4. The number of hydrogen-bond acceptors (Lipinski definition) is 4. The number of fused-ring (bicyclic) bond motifs is 3. The van der Waals surface area contributed by atoms with E-state index in [1.165, 1.54) is 11.3 Å². The summed E-state index contributed by atoms with van der Waals surface area (Å²) in [7, 11) is 0. The molecule has 0 unspecified atom stereocenters. The molecule has 0 atom stereocenters. The standard InChI is InChI=1S/C22H19N3O3S/c26-21(19-11-13-12-28-18-4-2-1-3-17(18)20(13)29-19)23-14-5-7-15(8-6-14)24-22(27)25-16-9-10-16/h1-8,11,16H,9-10,12H2,(H,23,26)(H2,24,25,27). The van der Waals surface area contributed by atoms with Crippen molar-refractivity contribution in [2.45, 2.75) is 25.5 Å². The second-order valence-electron chi connectivity index (χ2n) is 7.15. The summed E-state index contributed by atoms with van der Waals surface area (Å²) in [5, 5.41) is 8.58. The van der Waals surface area contributed by atoms with Crippen molar-refractivity contribution in [2.24, 2.45) is 0 Å². The van der Waals surface area contributed by atoms with Crippen LogP contribution in [0.25, 0.3) is 10.4 Å². The molecular formula is C22H19N3O3S. The Kier molecular flexibility index (Phi) is 4.44. The molecule has 1 aliphatic heterocycles. The van der Waals surface area contributed by atoms with Crippen LogP contribution in [-0.4, -0.2) is 18.0 Å². The van der Waals surface area contributed by atoms with Crippen molar-refractivity contribution in [1.29, 1.82) is 0 Å². The number of amides is 3. The molecule has 6 nitrogen and oxygen atoms in total. The number of ether oxygens (including phenoxy) is 1. The first-order valence-electron chi connectivity index (χ1n) is 9.49. The summed E-state index contributed by atoms with van der Waals surface area (Å²) >= 11 is 1.47. The van der Waals surface area contributed by atoms with E-state index >= 15 is 0 Å². The van der Waals surface area contributed by atoms with E-state index in [0.29, 0.717) is 28.9 Å². The minimum absolute atomic E-state index is 0.158. The fraction of sp³-hybridized carbons (Fsp3) is 0.182. The monoisotopic (exact) mass is 405 g/mol. The predicted molar refractivity (Wildman–Crippen MR) is 114 cm³/mol. The Bertz CT molecular complexity index is 1090. The molecule has 0 radical (unpaired) electrons. The Morgan fingerprint density at radius 1 is 0.966 bits per heavy atom. The molecule has 1 aromatic heterocycles. The summed E-state index contributed by atoms with van der Waals surface area (Å²) in [6.07, 6.45) is 2.09. The van der Waals surface area contributed by atoms with Gasteiger partial charge in [0.2, 0.25) is 0 Å². The highest BCUT2D eigenvalue weighted by molar-refractivity contribution is 7.17. The van der Waals surface area contributed by atoms with E-state index < -0.39 is 0 Å². The van der Waals surface area contributed by atoms with Gasteiger partial charge >= 0.3 is 6.03 Å². The van der Waals surface area contributed by atoms with Crippen LogP contribution in [0, 0.1) is 0 Å². The van der Waals surface area contributed by atoms with Gasteiger partial charge in [-0.3, -0.25) is 4.79 Å². The number of para-hydroxylation sites is 1. The Labute approximate surface area is 171 Å². The minimum atomic E-state index is -0.198. The van der Waals surface area contributed by atoms with Crippen molar-refractivity contribution in [3.05, 3.63) is 65.0 Å². The zero-order valence-corrected chi connectivity index (χ0v) is 16.3. The molecule has 7 heteroatoms. The molecule has 2 aromatic carbocycles. The van der Waals surface area contributed by atoms with Crippen LogP contribution in [0.1, 0.15) is 28.1 Å². The molecule has 1 fully saturated rings. The van der Waals surface area contributed by atoms with Crippen molar-refractivity contribution in [2.75, 3.05) is 10.6 Å². The number of benzene rings is 2. The molecule has 3 amide bonds. The molecule has 3 N–H and O–H groups in total. The first-order valence-corrected chi connectivity index (χ1v) is 10.3. The van der Waals surface area contributed by atoms with E-state index in [0.717, 1.165) is 34.6 Å². The second-order valence-corrected chi connectivity index (χ2v) is 8.21. The number of urea groups is 1. The van der Waals surface area contributed by atoms with E-state index in [9.17, 15) is 9.59 Å². The molecule has 0 spiro atoms. The molecule has 1 aliphatic carbocycles. The average molecular weight is 405 g/mol. The van der Waals surface area contributed by atoms with Gasteiger partial charge in [0.15, 0.2) is 0 Å². The maximum atomic E-state index is 12.7. The van der Waals surface area contributed by atoms with Crippen molar-refractivity contribution in [3.8, 4) is 16.2 Å². The minimum Gasteiger partial charge on any atom is -0.488 e. The highest BCUT2D eigenvalue weighted by Crippen LogP contribution is 2.42. The molecular weight excluding hydrogens is 386 g/mol. The Balaban J connectivity index is 1.26. The summed E-state index contributed by atoms with van der Waals surface area (Å²) in [6, 6.07) is 17.0. The lowest BCUT2D eigenvalue weighted by molar-refractivity contribution is 0.103. The van der Waals surface area contributed by atoms with E-state index in [1.54, 1.807) is 24.3 Å². The largest absolute Gasteiger partial charge is 0.488 e. The lowest BCUT2D eigenvalue weighted by Gasteiger charge is -2.16. The van der Waals surface area contributed by atoms with E-state index in [-0.39, 0.29) is 11.9 Å². The van der Waals surface area contributed by atoms with Crippen molar-refractivity contribution in [3.63, 3.8) is 0 Å². The van der Waals surface area contributed by atoms with Gasteiger partial charge in [0.25, 0.3) is 5.91 Å². The van der Waals surface area contributed by atoms with Crippen molar-refractivity contribution in [1.82, 2.24) is 5.32 Å². The zero-order valence-electron chi connectivity index (χ0n) is 15.5. The lowest BCUT2D eigenvalue weighted by atomic mass is 10.1. The van der Waals surface area contributed by atoms with Gasteiger partial charge in [-0.05, 0) is 55.3 Å². The van der Waals surface area contributed by atoms with Gasteiger partial charge in [0, 0.05) is 33.4 Å². The Morgan fingerprint density at radius 2 is 1.69 bits per heavy atom. The highest BCUT2D eigenvalue weighted by Gasteiger charge is 2.24. The number of anilines is 2. The summed E-state index contributed by atoms with van der Waals surface area (Å²) in [5.41, 5.74) is 3.41. The second kappa shape index (κ2) is 7.25. The first-order chi connectivity index (χ1) is 14.2. The normalized spacial score (nSPS) is 14.2. The first kappa shape index (κ1) is 17.8. The van der Waals surface area contributed by atoms with Gasteiger partial charge in [0.05, 0.1) is 4.88 Å². The molecule has 0 bridgehead atoms. The summed E-state index contributed by atoms with van der Waals surface area (Å²) < 4.78 is 5.77. The summed E-state index contributed by atoms with van der Waals surface area (Å²) in [6.45, 7) is 0.472. The van der Waals surface area contributed by atoms with Gasteiger partial charge in [0.1, 0.15) is 12.4 Å². The van der Waals surface area contributed by atoms with Crippen LogP contribution in [0.3, 0.4) is 0 Å². The van der Waals surface area contributed by atoms with Crippen LogP contribution in [0.2, 0.25) is 0 Å². The molecule has 3 aromatic rings. The zero-order chi connectivity index (χ0) is 19.8. The lowest BCUT2D eigenvalue weighted by Crippen LogP contribution is -2.30. The van der Waals surface area contributed by atoms with E-state index in [4.69, 9.17) is 4.74 Å². The summed E-state index contributed by atoms with van der Waals surface area (Å²) in [4.78, 5) is 26.2. The molecule has 5 rings (SSSR count). The van der Waals surface area contributed by atoms with Crippen molar-refractivity contribution >= 4 is 34.6 Å². The molecule has 2 aliphatic rings. The molecule has 0 saturated heterocycles. The summed E-state index contributed by atoms with van der Waals surface area (Å²) in [5.74, 6) is 0.691. The van der Waals surface area contributed by atoms with Gasteiger partial charge in [-0.15, -0.1) is 11.3 Å². The topological polar surface area (TPSA) is 79.5 Å². The number of hydrogen-bond donors (Lipinski definition) is 3. The smallest absolute Gasteiger partial charge is 0.319 e. The Hall–Kier alpha value is -3.32. The molecule has 1 saturated carbocycles. The maximum absolute atomic E-state index is 12.7. The third kappa shape index (κ3) is 3.82. The van der Waals surface area contributed by atoms with Crippen LogP contribution in [0.4, 0.5) is 16.2 Å². The van der Waals surface area contributed by atoms with Crippen LogP contribution in [-0.2, 0) is 6.61 Å². The Morgan fingerprint density at radius 3 is 2.45 bits per heavy atom. The number of thiophene rings is 1. The molecule has 29 heavy (non-hydrogen) atoms. The predicted octanol–water partition coefficient (Wildman–Crippen LogP) is 4.84. The van der Waals surface area contributed by atoms with E-state index in [1.807, 2.05) is 30.3 Å². The average Bonchev–Trinajstić information content (AvgIpc) is 3.42. The van der Waals surface area contributed by atoms with Crippen LogP contribution in [0.15, 0.2) is 54.6 Å². The van der Waals surface area contributed by atoms with Crippen LogP contribution >= 0.6 is 11.3 Å².